The lowest BCUT2D eigenvalue weighted by atomic mass is 10.2. The summed E-state index contributed by atoms with van der Waals surface area (Å²) < 4.78 is 6.04. The van der Waals surface area contributed by atoms with Gasteiger partial charge in [0.25, 0.3) is 0 Å². The summed E-state index contributed by atoms with van der Waals surface area (Å²) in [7, 11) is 0. The number of nitrogens with one attached hydrogen (secondary N) is 2. The molecule has 29 heavy (non-hydrogen) atoms. The van der Waals surface area contributed by atoms with Gasteiger partial charge in [-0.1, -0.05) is 46.3 Å². The molecule has 0 spiro atoms. The molecule has 0 aliphatic rings. The molecular weight excluding hydrogens is 506 g/mol. The zero-order valence-electron chi connectivity index (χ0n) is 14.7. The lowest BCUT2D eigenvalue weighted by molar-refractivity contribution is 0.314. The normalized spacial score (nSPS) is 11.2. The minimum atomic E-state index is 0.0726. The van der Waals surface area contributed by atoms with E-state index in [0.717, 1.165) is 10.0 Å². The standard InChI is InChI=1S/C18H13Br2N7O2/c19-12-6-11(14(28)13(20)7-12)9-22-25-16-15(21-8-10-4-2-1-3-5-10)23-17-18(24-16)27-29-26-17/h1-7,9,28H,8H2,(H,21,23,26)(H,24,25,27)/b22-9+. The first-order valence-corrected chi connectivity index (χ1v) is 9.94. The van der Waals surface area contributed by atoms with Gasteiger partial charge in [-0.15, -0.1) is 0 Å². The molecule has 3 N–H and O–H groups in total. The minimum absolute atomic E-state index is 0.0726. The fourth-order valence-electron chi connectivity index (χ4n) is 2.47. The Balaban J connectivity index is 1.58. The zero-order chi connectivity index (χ0) is 20.2. The fraction of sp³-hybridized carbons (Fsp3) is 0.0556. The van der Waals surface area contributed by atoms with Crippen molar-refractivity contribution in [1.82, 2.24) is 20.3 Å². The van der Waals surface area contributed by atoms with Crippen LogP contribution in [0.2, 0.25) is 0 Å². The Morgan fingerprint density at radius 2 is 1.76 bits per heavy atom. The summed E-state index contributed by atoms with van der Waals surface area (Å²) in [6.07, 6.45) is 1.47. The summed E-state index contributed by atoms with van der Waals surface area (Å²) in [5.74, 6) is 0.853. The Kier molecular flexibility index (Phi) is 5.67. The van der Waals surface area contributed by atoms with Gasteiger partial charge in [-0.2, -0.15) is 10.1 Å². The average molecular weight is 519 g/mol. The van der Waals surface area contributed by atoms with Crippen LogP contribution in [-0.2, 0) is 6.54 Å². The second-order valence-corrected chi connectivity index (χ2v) is 7.64. The van der Waals surface area contributed by atoms with Gasteiger partial charge in [0.15, 0.2) is 11.6 Å². The summed E-state index contributed by atoms with van der Waals surface area (Å²) >= 11 is 6.67. The van der Waals surface area contributed by atoms with Gasteiger partial charge in [-0.25, -0.2) is 9.61 Å². The molecule has 0 radical (unpaired) electrons. The predicted octanol–water partition coefficient (Wildman–Crippen LogP) is 4.30. The van der Waals surface area contributed by atoms with E-state index in [1.54, 1.807) is 12.1 Å². The lowest BCUT2D eigenvalue weighted by Crippen LogP contribution is -2.07. The van der Waals surface area contributed by atoms with Crippen LogP contribution in [0, 0.1) is 0 Å². The number of aromatic hydroxyl groups is 1. The number of nitrogens with zero attached hydrogens (tertiary/aromatic N) is 5. The Hall–Kier alpha value is -3.05. The number of hydrogen-bond acceptors (Lipinski definition) is 9. The van der Waals surface area contributed by atoms with Crippen molar-refractivity contribution in [1.29, 1.82) is 0 Å². The fourth-order valence-corrected chi connectivity index (χ4v) is 3.73. The number of halogens is 2. The third-order valence-electron chi connectivity index (χ3n) is 3.85. The smallest absolute Gasteiger partial charge is 0.245 e. The Morgan fingerprint density at radius 1 is 1.03 bits per heavy atom. The molecule has 2 heterocycles. The van der Waals surface area contributed by atoms with Gasteiger partial charge in [0.2, 0.25) is 11.3 Å². The summed E-state index contributed by atoms with van der Waals surface area (Å²) in [4.78, 5) is 8.72. The number of phenolic OH excluding ortho intramolecular Hbond substituents is 1. The van der Waals surface area contributed by atoms with Crippen LogP contribution in [0.1, 0.15) is 11.1 Å². The maximum absolute atomic E-state index is 10.1. The van der Waals surface area contributed by atoms with E-state index < -0.39 is 0 Å². The first-order chi connectivity index (χ1) is 14.1. The third kappa shape index (κ3) is 4.51. The molecule has 2 aromatic heterocycles. The van der Waals surface area contributed by atoms with Crippen LogP contribution >= 0.6 is 31.9 Å². The van der Waals surface area contributed by atoms with Gasteiger partial charge in [-0.05, 0) is 43.9 Å². The summed E-state index contributed by atoms with van der Waals surface area (Å²) in [5.41, 5.74) is 4.94. The quantitative estimate of drug-likeness (QED) is 0.255. The third-order valence-corrected chi connectivity index (χ3v) is 4.91. The van der Waals surface area contributed by atoms with Gasteiger partial charge in [0, 0.05) is 16.6 Å². The molecule has 2 aromatic carbocycles. The average Bonchev–Trinajstić information content (AvgIpc) is 3.17. The number of benzene rings is 2. The predicted molar refractivity (Wildman–Crippen MR) is 116 cm³/mol. The van der Waals surface area contributed by atoms with Gasteiger partial charge in [0.1, 0.15) is 5.75 Å². The van der Waals surface area contributed by atoms with E-state index in [1.807, 2.05) is 30.3 Å². The van der Waals surface area contributed by atoms with E-state index in [1.165, 1.54) is 6.21 Å². The second-order valence-electron chi connectivity index (χ2n) is 5.87. The van der Waals surface area contributed by atoms with E-state index in [9.17, 15) is 5.11 Å². The van der Waals surface area contributed by atoms with Gasteiger partial charge < -0.3 is 10.4 Å². The van der Waals surface area contributed by atoms with E-state index in [2.05, 4.69) is 68.0 Å². The molecule has 146 valence electrons. The van der Waals surface area contributed by atoms with Gasteiger partial charge in [0.05, 0.1) is 10.7 Å². The number of phenols is 1. The lowest BCUT2D eigenvalue weighted by Gasteiger charge is -2.09. The highest BCUT2D eigenvalue weighted by Gasteiger charge is 2.12. The Morgan fingerprint density at radius 3 is 2.52 bits per heavy atom. The molecule has 4 rings (SSSR count). The second kappa shape index (κ2) is 8.53. The van der Waals surface area contributed by atoms with Crippen molar-refractivity contribution in [3.8, 4) is 5.75 Å². The first kappa shape index (κ1) is 19.3. The topological polar surface area (TPSA) is 121 Å². The van der Waals surface area contributed by atoms with Crippen molar-refractivity contribution in [2.45, 2.75) is 6.54 Å². The highest BCUT2D eigenvalue weighted by atomic mass is 79.9. The van der Waals surface area contributed by atoms with E-state index >= 15 is 0 Å². The van der Waals surface area contributed by atoms with E-state index in [0.29, 0.717) is 28.2 Å². The maximum atomic E-state index is 10.1. The minimum Gasteiger partial charge on any atom is -0.506 e. The first-order valence-electron chi connectivity index (χ1n) is 8.35. The molecule has 0 bridgehead atoms. The SMILES string of the molecule is Oc1c(Br)cc(Br)cc1/C=N/Nc1nc2nonc2nc1NCc1ccccc1. The van der Waals surface area contributed by atoms with Crippen LogP contribution in [0.25, 0.3) is 11.3 Å². The van der Waals surface area contributed by atoms with Gasteiger partial charge in [-0.3, -0.25) is 5.43 Å². The molecule has 4 aromatic rings. The molecule has 0 fully saturated rings. The molecular formula is C18H13Br2N7O2. The monoisotopic (exact) mass is 517 g/mol. The van der Waals surface area contributed by atoms with Crippen LogP contribution < -0.4 is 10.7 Å². The van der Waals surface area contributed by atoms with Crippen LogP contribution in [0.3, 0.4) is 0 Å². The number of fused-ring (bicyclic) bond motifs is 1. The van der Waals surface area contributed by atoms with Crippen molar-refractivity contribution >= 4 is 61.0 Å². The number of hydrazone groups is 1. The molecule has 11 heteroatoms. The van der Waals surface area contributed by atoms with Crippen LogP contribution in [0.4, 0.5) is 11.6 Å². The highest BCUT2D eigenvalue weighted by molar-refractivity contribution is 9.11. The summed E-state index contributed by atoms with van der Waals surface area (Å²) in [5, 5.41) is 24.9. The van der Waals surface area contributed by atoms with Crippen molar-refractivity contribution in [2.24, 2.45) is 5.10 Å². The Labute approximate surface area is 181 Å². The van der Waals surface area contributed by atoms with Crippen LogP contribution in [-0.4, -0.2) is 31.6 Å². The summed E-state index contributed by atoms with van der Waals surface area (Å²) in [6.45, 7) is 0.532. The number of anilines is 2. The molecule has 0 atom stereocenters. The van der Waals surface area contributed by atoms with Crippen LogP contribution in [0.15, 0.2) is 61.1 Å². The summed E-state index contributed by atoms with van der Waals surface area (Å²) in [6, 6.07) is 13.3. The van der Waals surface area contributed by atoms with Gasteiger partial charge >= 0.3 is 0 Å². The Bertz CT molecular complexity index is 1180. The van der Waals surface area contributed by atoms with Crippen molar-refractivity contribution in [3.63, 3.8) is 0 Å². The molecule has 9 nitrogen and oxygen atoms in total. The number of hydrogen-bond donors (Lipinski definition) is 3. The van der Waals surface area contributed by atoms with E-state index in [4.69, 9.17) is 4.63 Å². The molecule has 0 amide bonds. The van der Waals surface area contributed by atoms with Crippen molar-refractivity contribution < 1.29 is 9.74 Å². The van der Waals surface area contributed by atoms with Crippen molar-refractivity contribution in [3.05, 3.63) is 62.5 Å². The molecule has 0 saturated carbocycles. The molecule has 0 aliphatic heterocycles. The zero-order valence-corrected chi connectivity index (χ0v) is 17.8. The molecule has 0 saturated heterocycles. The highest BCUT2D eigenvalue weighted by Crippen LogP contribution is 2.30. The molecule has 0 unspecified atom stereocenters. The van der Waals surface area contributed by atoms with Crippen LogP contribution in [0.5, 0.6) is 5.75 Å². The van der Waals surface area contributed by atoms with E-state index in [-0.39, 0.29) is 17.0 Å². The molecule has 0 aliphatic carbocycles. The number of aromatic nitrogens is 4. The van der Waals surface area contributed by atoms with Crippen molar-refractivity contribution in [2.75, 3.05) is 10.7 Å². The maximum Gasteiger partial charge on any atom is 0.245 e. The number of rotatable bonds is 6. The largest absolute Gasteiger partial charge is 0.506 e.